The number of hydrogen-bond acceptors (Lipinski definition) is 3. The number of aromatic nitrogens is 1. The van der Waals surface area contributed by atoms with Crippen molar-refractivity contribution in [1.82, 2.24) is 15.2 Å². The van der Waals surface area contributed by atoms with Gasteiger partial charge in [-0.2, -0.15) is 13.2 Å². The van der Waals surface area contributed by atoms with E-state index in [0.29, 0.717) is 12.7 Å². The van der Waals surface area contributed by atoms with Crippen LogP contribution >= 0.6 is 11.6 Å². The Balaban J connectivity index is 1.57. The van der Waals surface area contributed by atoms with Crippen LogP contribution in [0.15, 0.2) is 12.3 Å². The van der Waals surface area contributed by atoms with Crippen molar-refractivity contribution in [2.24, 2.45) is 5.92 Å². The van der Waals surface area contributed by atoms with Gasteiger partial charge in [0.15, 0.2) is 0 Å². The first-order valence-electron chi connectivity index (χ1n) is 8.54. The monoisotopic (exact) mass is 389 g/mol. The molecule has 26 heavy (non-hydrogen) atoms. The third-order valence-electron chi connectivity index (χ3n) is 4.97. The molecule has 1 aliphatic carbocycles. The maximum absolute atomic E-state index is 12.6. The highest BCUT2D eigenvalue weighted by Gasteiger charge is 2.38. The van der Waals surface area contributed by atoms with E-state index < -0.39 is 17.7 Å². The van der Waals surface area contributed by atoms with Gasteiger partial charge < -0.3 is 10.2 Å². The van der Waals surface area contributed by atoms with Crippen molar-refractivity contribution in [2.75, 3.05) is 6.54 Å². The van der Waals surface area contributed by atoms with E-state index in [1.807, 2.05) is 0 Å². The van der Waals surface area contributed by atoms with E-state index in [-0.39, 0.29) is 41.5 Å². The van der Waals surface area contributed by atoms with E-state index in [1.165, 1.54) is 0 Å². The molecule has 1 saturated carbocycles. The maximum atomic E-state index is 12.6. The first-order chi connectivity index (χ1) is 12.3. The number of likely N-dealkylation sites (tertiary alicyclic amines) is 1. The van der Waals surface area contributed by atoms with Crippen LogP contribution in [0, 0.1) is 5.92 Å². The van der Waals surface area contributed by atoms with Gasteiger partial charge in [0.05, 0.1) is 28.7 Å². The average molecular weight is 390 g/mol. The molecule has 2 amide bonds. The first-order valence-corrected chi connectivity index (χ1v) is 8.92. The molecular weight excluding hydrogens is 371 g/mol. The number of carbonyl (C=O) groups excluding carboxylic acids is 2. The lowest BCUT2D eigenvalue weighted by molar-refractivity contribution is -0.138. The summed E-state index contributed by atoms with van der Waals surface area (Å²) in [5, 5.41) is 2.47. The van der Waals surface area contributed by atoms with E-state index in [1.54, 1.807) is 4.90 Å². The molecule has 0 spiro atoms. The highest BCUT2D eigenvalue weighted by Crippen LogP contribution is 2.31. The van der Waals surface area contributed by atoms with Gasteiger partial charge in [-0.3, -0.25) is 14.6 Å². The van der Waals surface area contributed by atoms with Crippen molar-refractivity contribution < 1.29 is 22.8 Å². The molecule has 2 heterocycles. The van der Waals surface area contributed by atoms with Gasteiger partial charge in [0.2, 0.25) is 11.8 Å². The number of hydrogen-bond donors (Lipinski definition) is 1. The Bertz CT molecular complexity index is 705. The smallest absolute Gasteiger partial charge is 0.350 e. The van der Waals surface area contributed by atoms with Crippen molar-refractivity contribution in [3.05, 3.63) is 28.5 Å². The minimum atomic E-state index is -4.52. The third-order valence-corrected chi connectivity index (χ3v) is 5.30. The number of alkyl halides is 3. The lowest BCUT2D eigenvalue weighted by Gasteiger charge is -2.23. The van der Waals surface area contributed by atoms with Crippen LogP contribution in [0.25, 0.3) is 0 Å². The van der Waals surface area contributed by atoms with Crippen molar-refractivity contribution >= 4 is 23.4 Å². The number of halogens is 4. The van der Waals surface area contributed by atoms with Crippen LogP contribution in [0.4, 0.5) is 13.2 Å². The molecule has 1 aromatic heterocycles. The van der Waals surface area contributed by atoms with Crippen molar-refractivity contribution in [1.29, 1.82) is 0 Å². The largest absolute Gasteiger partial charge is 0.417 e. The van der Waals surface area contributed by atoms with E-state index in [4.69, 9.17) is 11.6 Å². The number of nitrogens with zero attached hydrogens (tertiary/aromatic N) is 2. The lowest BCUT2D eigenvalue weighted by atomic mass is 10.1. The third kappa shape index (κ3) is 4.11. The Morgan fingerprint density at radius 1 is 1.35 bits per heavy atom. The highest BCUT2D eigenvalue weighted by atomic mass is 35.5. The second-order valence-electron chi connectivity index (χ2n) is 6.75. The predicted molar refractivity (Wildman–Crippen MR) is 88.2 cm³/mol. The van der Waals surface area contributed by atoms with Gasteiger partial charge in [0.25, 0.3) is 0 Å². The summed E-state index contributed by atoms with van der Waals surface area (Å²) in [6.07, 6.45) is 0.486. The van der Waals surface area contributed by atoms with Crippen LogP contribution in [0.2, 0.25) is 5.02 Å². The summed E-state index contributed by atoms with van der Waals surface area (Å²) in [7, 11) is 0. The summed E-state index contributed by atoms with van der Waals surface area (Å²) < 4.78 is 37.8. The molecule has 0 bridgehead atoms. The Morgan fingerprint density at radius 2 is 2.04 bits per heavy atom. The van der Waals surface area contributed by atoms with Crippen LogP contribution in [0.1, 0.15) is 43.4 Å². The maximum Gasteiger partial charge on any atom is 0.417 e. The van der Waals surface area contributed by atoms with Crippen LogP contribution in [0.5, 0.6) is 0 Å². The van der Waals surface area contributed by atoms with Crippen LogP contribution in [-0.2, 0) is 22.3 Å². The fourth-order valence-electron chi connectivity index (χ4n) is 3.54. The molecule has 0 aromatic carbocycles. The highest BCUT2D eigenvalue weighted by molar-refractivity contribution is 6.31. The summed E-state index contributed by atoms with van der Waals surface area (Å²) in [6, 6.07) is 1.02. The number of carbonyl (C=O) groups is 2. The number of nitrogens with one attached hydrogen (secondary N) is 1. The van der Waals surface area contributed by atoms with Gasteiger partial charge in [0, 0.05) is 25.2 Å². The van der Waals surface area contributed by atoms with Crippen LogP contribution < -0.4 is 5.32 Å². The van der Waals surface area contributed by atoms with Gasteiger partial charge in [-0.15, -0.1) is 0 Å². The molecule has 9 heteroatoms. The molecule has 2 fully saturated rings. The average Bonchev–Trinajstić information content (AvgIpc) is 3.21. The molecule has 1 saturated heterocycles. The Hall–Kier alpha value is -1.83. The minimum absolute atomic E-state index is 0.0114. The molecule has 1 N–H and O–H groups in total. The predicted octanol–water partition coefficient (Wildman–Crippen LogP) is 3.16. The Kier molecular flexibility index (Phi) is 5.41. The Labute approximate surface area is 153 Å². The fraction of sp³-hybridized carbons (Fsp3) is 0.588. The zero-order valence-electron chi connectivity index (χ0n) is 14.0. The van der Waals surface area contributed by atoms with Gasteiger partial charge in [-0.25, -0.2) is 0 Å². The van der Waals surface area contributed by atoms with Gasteiger partial charge in [-0.1, -0.05) is 24.4 Å². The molecule has 0 radical (unpaired) electrons. The molecule has 1 atom stereocenters. The van der Waals surface area contributed by atoms with Crippen molar-refractivity contribution in [3.8, 4) is 0 Å². The molecular formula is C17H19ClF3N3O2. The van der Waals surface area contributed by atoms with Gasteiger partial charge in [-0.05, 0) is 18.9 Å². The molecule has 5 nitrogen and oxygen atoms in total. The normalized spacial score (nSPS) is 21.5. The molecule has 3 rings (SSSR count). The van der Waals surface area contributed by atoms with E-state index in [2.05, 4.69) is 10.3 Å². The number of pyridine rings is 1. The number of amides is 2. The van der Waals surface area contributed by atoms with Crippen LogP contribution in [0.3, 0.4) is 0 Å². The zero-order chi connectivity index (χ0) is 18.9. The lowest BCUT2D eigenvalue weighted by Crippen LogP contribution is -2.36. The summed E-state index contributed by atoms with van der Waals surface area (Å²) >= 11 is 5.83. The quantitative estimate of drug-likeness (QED) is 0.860. The van der Waals surface area contributed by atoms with Gasteiger partial charge >= 0.3 is 6.18 Å². The molecule has 1 aliphatic heterocycles. The Morgan fingerprint density at radius 3 is 2.65 bits per heavy atom. The first kappa shape index (κ1) is 18.9. The second-order valence-corrected chi connectivity index (χ2v) is 7.16. The fourth-order valence-corrected chi connectivity index (χ4v) is 3.78. The molecule has 2 aliphatic rings. The second kappa shape index (κ2) is 7.42. The van der Waals surface area contributed by atoms with E-state index in [0.717, 1.165) is 31.7 Å². The standard InChI is InChI=1S/C17H19ClF3N3O2/c18-13-6-11(17(19,20)21)7-22-14(13)8-23-16(26)10-5-15(25)24(9-10)12-3-1-2-4-12/h6-7,10,12H,1-5,8-9H2,(H,23,26). The topological polar surface area (TPSA) is 62.3 Å². The minimum Gasteiger partial charge on any atom is -0.350 e. The van der Waals surface area contributed by atoms with Gasteiger partial charge in [0.1, 0.15) is 0 Å². The van der Waals surface area contributed by atoms with E-state index in [9.17, 15) is 22.8 Å². The molecule has 1 aromatic rings. The number of rotatable bonds is 4. The molecule has 1 unspecified atom stereocenters. The van der Waals surface area contributed by atoms with Crippen molar-refractivity contribution in [2.45, 2.75) is 50.9 Å². The summed E-state index contributed by atoms with van der Waals surface area (Å²) in [5.41, 5.74) is -0.781. The zero-order valence-corrected chi connectivity index (χ0v) is 14.7. The SMILES string of the molecule is O=C(NCc1ncc(C(F)(F)F)cc1Cl)C1CC(=O)N(C2CCCC2)C1. The summed E-state index contributed by atoms with van der Waals surface area (Å²) in [4.78, 5) is 29.9. The van der Waals surface area contributed by atoms with Crippen molar-refractivity contribution in [3.63, 3.8) is 0 Å². The summed E-state index contributed by atoms with van der Waals surface area (Å²) in [6.45, 7) is 0.313. The molecule has 142 valence electrons. The summed E-state index contributed by atoms with van der Waals surface area (Å²) in [5.74, 6) is -0.768. The van der Waals surface area contributed by atoms with E-state index >= 15 is 0 Å². The van der Waals surface area contributed by atoms with Crippen LogP contribution in [-0.4, -0.2) is 34.3 Å².